The van der Waals surface area contributed by atoms with Crippen molar-refractivity contribution in [1.82, 2.24) is 15.8 Å². The number of hydrazine groups is 1. The van der Waals surface area contributed by atoms with Crippen molar-refractivity contribution in [3.05, 3.63) is 71.9 Å². The number of urea groups is 1. The third-order valence-electron chi connectivity index (χ3n) is 6.47. The molecule has 2 aromatic carbocycles. The Hall–Kier alpha value is -3.55. The number of halogens is 2. The molecule has 4 rings (SSSR count). The summed E-state index contributed by atoms with van der Waals surface area (Å²) in [5.74, 6) is -0.724. The molecule has 3 N–H and O–H groups in total. The number of amides is 3. The maximum absolute atomic E-state index is 13.8. The smallest absolute Gasteiger partial charge is 0.307 e. The lowest BCUT2D eigenvalue weighted by atomic mass is 9.73. The molecule has 1 aromatic heterocycles. The van der Waals surface area contributed by atoms with Crippen LogP contribution in [-0.2, 0) is 4.79 Å². The van der Waals surface area contributed by atoms with Crippen LogP contribution >= 0.6 is 0 Å². The minimum atomic E-state index is -0.609. The zero-order chi connectivity index (χ0) is 23.4. The van der Waals surface area contributed by atoms with Crippen LogP contribution in [-0.4, -0.2) is 16.9 Å². The normalized spacial score (nSPS) is 19.0. The van der Waals surface area contributed by atoms with E-state index in [1.807, 2.05) is 13.0 Å². The van der Waals surface area contributed by atoms with Crippen LogP contribution in [0.2, 0.25) is 0 Å². The summed E-state index contributed by atoms with van der Waals surface area (Å²) in [4.78, 5) is 28.9. The lowest BCUT2D eigenvalue weighted by Gasteiger charge is -2.32. The minimum absolute atomic E-state index is 0.188. The van der Waals surface area contributed by atoms with Crippen LogP contribution in [0.1, 0.15) is 44.1 Å². The predicted molar refractivity (Wildman–Crippen MR) is 122 cm³/mol. The lowest BCUT2D eigenvalue weighted by molar-refractivity contribution is -0.127. The second-order valence-corrected chi connectivity index (χ2v) is 8.54. The van der Waals surface area contributed by atoms with Crippen molar-refractivity contribution in [2.45, 2.75) is 38.5 Å². The minimum Gasteiger partial charge on any atom is -0.307 e. The van der Waals surface area contributed by atoms with E-state index in [-0.39, 0.29) is 23.6 Å². The van der Waals surface area contributed by atoms with Gasteiger partial charge in [0, 0.05) is 23.2 Å². The van der Waals surface area contributed by atoms with Crippen molar-refractivity contribution in [2.24, 2.45) is 11.8 Å². The monoisotopic (exact) mass is 452 g/mol. The number of carbonyl (C=O) groups excluding carboxylic acids is 2. The van der Waals surface area contributed by atoms with Gasteiger partial charge >= 0.3 is 6.03 Å². The quantitative estimate of drug-likeness (QED) is 0.471. The summed E-state index contributed by atoms with van der Waals surface area (Å²) in [7, 11) is 0. The van der Waals surface area contributed by atoms with Crippen LogP contribution in [0.3, 0.4) is 0 Å². The molecule has 1 aliphatic rings. The summed E-state index contributed by atoms with van der Waals surface area (Å²) in [6.45, 7) is 1.86. The van der Waals surface area contributed by atoms with Gasteiger partial charge in [-0.25, -0.2) is 19.0 Å². The first-order chi connectivity index (χ1) is 15.9. The van der Waals surface area contributed by atoms with Crippen molar-refractivity contribution in [3.8, 4) is 0 Å². The molecule has 6 nitrogen and oxygen atoms in total. The predicted octanol–water partition coefficient (Wildman–Crippen LogP) is 5.28. The zero-order valence-corrected chi connectivity index (χ0v) is 18.3. The molecule has 0 radical (unpaired) electrons. The number of aromatic nitrogens is 1. The van der Waals surface area contributed by atoms with E-state index < -0.39 is 11.8 Å². The Morgan fingerprint density at radius 1 is 0.939 bits per heavy atom. The van der Waals surface area contributed by atoms with Crippen LogP contribution in [0.4, 0.5) is 19.3 Å². The number of fused-ring (bicyclic) bond motifs is 1. The molecule has 1 fully saturated rings. The third-order valence-corrected chi connectivity index (χ3v) is 6.47. The number of anilines is 1. The van der Waals surface area contributed by atoms with Crippen molar-refractivity contribution in [3.63, 3.8) is 0 Å². The molecule has 33 heavy (non-hydrogen) atoms. The van der Waals surface area contributed by atoms with Crippen molar-refractivity contribution < 1.29 is 18.4 Å². The number of hydrogen-bond donors (Lipinski definition) is 3. The maximum Gasteiger partial charge on any atom is 0.337 e. The average Bonchev–Trinajstić information content (AvgIpc) is 2.83. The summed E-state index contributed by atoms with van der Waals surface area (Å²) >= 11 is 0. The third kappa shape index (κ3) is 5.45. The van der Waals surface area contributed by atoms with E-state index in [0.29, 0.717) is 11.6 Å². The van der Waals surface area contributed by atoms with Gasteiger partial charge in [-0.2, -0.15) is 0 Å². The molecule has 1 unspecified atom stereocenters. The van der Waals surface area contributed by atoms with Gasteiger partial charge in [-0.3, -0.25) is 15.2 Å². The molecule has 3 aromatic rings. The maximum atomic E-state index is 13.8. The molecule has 1 atom stereocenters. The largest absolute Gasteiger partial charge is 0.337 e. The molecule has 1 heterocycles. The van der Waals surface area contributed by atoms with Crippen molar-refractivity contribution >= 4 is 28.5 Å². The summed E-state index contributed by atoms with van der Waals surface area (Å²) in [6, 6.07) is 11.3. The SMILES string of the molecule is CC(C(=O)NNC(=O)Nc1ccc(F)cc1)C1CCC(c2ccnc3ccc(F)cc23)CC1. The number of benzene rings is 2. The van der Waals surface area contributed by atoms with Crippen molar-refractivity contribution in [1.29, 1.82) is 0 Å². The molecule has 0 saturated heterocycles. The molecule has 3 amide bonds. The molecular weight excluding hydrogens is 426 g/mol. The summed E-state index contributed by atoms with van der Waals surface area (Å²) in [6.07, 6.45) is 5.29. The van der Waals surface area contributed by atoms with Crippen LogP contribution in [0.25, 0.3) is 10.9 Å². The fourth-order valence-corrected chi connectivity index (χ4v) is 4.57. The van der Waals surface area contributed by atoms with Gasteiger partial charge in [0.05, 0.1) is 5.52 Å². The van der Waals surface area contributed by atoms with Crippen molar-refractivity contribution in [2.75, 3.05) is 5.32 Å². The molecule has 1 saturated carbocycles. The van der Waals surface area contributed by atoms with E-state index in [1.54, 1.807) is 18.3 Å². The Morgan fingerprint density at radius 2 is 1.64 bits per heavy atom. The molecule has 0 bridgehead atoms. The number of rotatable bonds is 4. The lowest BCUT2D eigenvalue weighted by Crippen LogP contribution is -2.47. The first-order valence-corrected chi connectivity index (χ1v) is 11.1. The van der Waals surface area contributed by atoms with E-state index in [0.717, 1.165) is 42.1 Å². The van der Waals surface area contributed by atoms with Crippen LogP contribution < -0.4 is 16.2 Å². The van der Waals surface area contributed by atoms with E-state index >= 15 is 0 Å². The molecule has 8 heteroatoms. The summed E-state index contributed by atoms with van der Waals surface area (Å²) in [5, 5.41) is 3.37. The Kier molecular flexibility index (Phi) is 6.82. The van der Waals surface area contributed by atoms with E-state index in [2.05, 4.69) is 21.2 Å². The standard InChI is InChI=1S/C25H26F2N4O2/c1-15(24(32)30-31-25(33)29-20-9-6-18(26)7-10-20)16-2-4-17(5-3-16)21-12-13-28-23-11-8-19(27)14-22(21)23/h6-17H,2-5H2,1H3,(H,30,32)(H2,29,31,33). The van der Waals surface area contributed by atoms with Gasteiger partial charge in [-0.15, -0.1) is 0 Å². The number of hydrogen-bond acceptors (Lipinski definition) is 3. The second kappa shape index (κ2) is 9.94. The molecule has 0 spiro atoms. The Bertz CT molecular complexity index is 1140. The van der Waals surface area contributed by atoms with E-state index in [9.17, 15) is 18.4 Å². The first-order valence-electron chi connectivity index (χ1n) is 11.1. The Morgan fingerprint density at radius 3 is 2.36 bits per heavy atom. The zero-order valence-electron chi connectivity index (χ0n) is 18.3. The molecule has 1 aliphatic carbocycles. The van der Waals surface area contributed by atoms with Gasteiger partial charge in [-0.05, 0) is 91.6 Å². The van der Waals surface area contributed by atoms with Gasteiger partial charge in [0.15, 0.2) is 0 Å². The Balaban J connectivity index is 1.29. The van der Waals surface area contributed by atoms with Gasteiger partial charge in [0.1, 0.15) is 11.6 Å². The molecular formula is C25H26F2N4O2. The summed E-state index contributed by atoms with van der Waals surface area (Å²) < 4.78 is 26.7. The number of pyridine rings is 1. The van der Waals surface area contributed by atoms with E-state index in [4.69, 9.17) is 0 Å². The highest BCUT2D eigenvalue weighted by atomic mass is 19.1. The van der Waals surface area contributed by atoms with Crippen LogP contribution in [0.5, 0.6) is 0 Å². The van der Waals surface area contributed by atoms with Gasteiger partial charge in [-0.1, -0.05) is 6.92 Å². The van der Waals surface area contributed by atoms with Gasteiger partial charge in [0.25, 0.3) is 0 Å². The summed E-state index contributed by atoms with van der Waals surface area (Å²) in [5.41, 5.74) is 7.11. The topological polar surface area (TPSA) is 83.1 Å². The fourth-order valence-electron chi connectivity index (χ4n) is 4.57. The van der Waals surface area contributed by atoms with Crippen LogP contribution in [0, 0.1) is 23.5 Å². The molecule has 0 aliphatic heterocycles. The highest BCUT2D eigenvalue weighted by molar-refractivity contribution is 5.91. The second-order valence-electron chi connectivity index (χ2n) is 8.54. The number of nitrogens with one attached hydrogen (secondary N) is 3. The highest BCUT2D eigenvalue weighted by Crippen LogP contribution is 2.40. The van der Waals surface area contributed by atoms with Gasteiger partial charge < -0.3 is 5.32 Å². The van der Waals surface area contributed by atoms with E-state index in [1.165, 1.54) is 30.3 Å². The number of nitrogens with zero attached hydrogens (tertiary/aromatic N) is 1. The average molecular weight is 453 g/mol. The van der Waals surface area contributed by atoms with Gasteiger partial charge in [0.2, 0.25) is 5.91 Å². The Labute approximate surface area is 190 Å². The first kappa shape index (κ1) is 22.6. The highest BCUT2D eigenvalue weighted by Gasteiger charge is 2.30. The molecule has 172 valence electrons. The van der Waals surface area contributed by atoms with Crippen LogP contribution in [0.15, 0.2) is 54.7 Å². The number of carbonyl (C=O) groups is 2. The fraction of sp³-hybridized carbons (Fsp3) is 0.320.